The third-order valence-electron chi connectivity index (χ3n) is 2.63. The van der Waals surface area contributed by atoms with Crippen molar-refractivity contribution >= 4 is 17.1 Å². The first kappa shape index (κ1) is 6.51. The monoisotopic (exact) mass is 245 g/mol. The minimum atomic E-state index is -0.440. The maximum absolute atomic E-state index is 9.01. The second-order valence-electron chi connectivity index (χ2n) is 3.67. The number of nitrogens with one attached hydrogen (secondary N) is 1. The predicted octanol–water partition coefficient (Wildman–Crippen LogP) is 2.44. The molecule has 90 valence electrons. The number of nitrogens with zero attached hydrogens (tertiary/aromatic N) is 3. The molecule has 2 N–H and O–H groups in total. The minimum Gasteiger partial charge on any atom is -0.310 e. The Bertz CT molecular complexity index is 911. The van der Waals surface area contributed by atoms with Gasteiger partial charge in [0.15, 0.2) is 5.65 Å². The Morgan fingerprint density at radius 2 is 2.06 bits per heavy atom. The van der Waals surface area contributed by atoms with Gasteiger partial charge in [0.2, 0.25) is 5.95 Å². The first-order chi connectivity index (χ1) is 10.9. The maximum atomic E-state index is 9.01. The molecule has 3 rings (SSSR count). The van der Waals surface area contributed by atoms with Crippen LogP contribution < -0.4 is 5.48 Å². The van der Waals surface area contributed by atoms with Crippen LogP contribution in [0.2, 0.25) is 0 Å². The molecule has 0 aliphatic rings. The van der Waals surface area contributed by atoms with Crippen LogP contribution in [0.3, 0.4) is 0 Å². The van der Waals surface area contributed by atoms with Gasteiger partial charge in [0, 0.05) is 18.8 Å². The molecule has 1 aromatic carbocycles. The van der Waals surface area contributed by atoms with Gasteiger partial charge >= 0.3 is 0 Å². The summed E-state index contributed by atoms with van der Waals surface area (Å²) in [6.45, 7) is 0. The average molecular weight is 245 g/mol. The summed E-state index contributed by atoms with van der Waals surface area (Å²) < 4.78 is 40.6. The standard InChI is InChI=1S/C13H12N4O/c1-17-11-7-10(9-5-3-2-4-6-9)8-14-12(11)15-13(17)16-18/h2-8,18H,1H3,(H,14,15,16)/i2D,3D,4D,5D,6D. The first-order valence-corrected chi connectivity index (χ1v) is 5.16. The summed E-state index contributed by atoms with van der Waals surface area (Å²) in [5.74, 6) is 0.186. The van der Waals surface area contributed by atoms with E-state index < -0.39 is 18.1 Å². The zero-order valence-electron chi connectivity index (χ0n) is 14.4. The van der Waals surface area contributed by atoms with E-state index in [1.165, 1.54) is 6.20 Å². The number of aromatic nitrogens is 3. The fourth-order valence-electron chi connectivity index (χ4n) is 1.70. The van der Waals surface area contributed by atoms with Crippen molar-refractivity contribution < 1.29 is 12.1 Å². The van der Waals surface area contributed by atoms with Crippen molar-refractivity contribution in [3.05, 3.63) is 42.5 Å². The molecular weight excluding hydrogens is 228 g/mol. The van der Waals surface area contributed by atoms with Gasteiger partial charge in [0.05, 0.1) is 12.4 Å². The number of imidazole rings is 1. The van der Waals surface area contributed by atoms with Gasteiger partial charge in [0.25, 0.3) is 0 Å². The SMILES string of the molecule is [2H]c1c([2H])c([2H])c(-c2cnc3nc(NO)n(C)c3c2)c([2H])c1[2H]. The Labute approximate surface area is 111 Å². The van der Waals surface area contributed by atoms with Crippen molar-refractivity contribution in [2.75, 3.05) is 5.48 Å². The fraction of sp³-hybridized carbons (Fsp3) is 0.0769. The van der Waals surface area contributed by atoms with Gasteiger partial charge in [-0.3, -0.25) is 5.21 Å². The van der Waals surface area contributed by atoms with E-state index in [1.807, 2.05) is 5.48 Å². The maximum Gasteiger partial charge on any atom is 0.229 e. The topological polar surface area (TPSA) is 63.0 Å². The lowest BCUT2D eigenvalue weighted by atomic mass is 10.1. The largest absolute Gasteiger partial charge is 0.310 e. The number of hydrogen-bond donors (Lipinski definition) is 2. The highest BCUT2D eigenvalue weighted by Crippen LogP contribution is 2.23. The number of anilines is 1. The molecule has 18 heavy (non-hydrogen) atoms. The van der Waals surface area contributed by atoms with Gasteiger partial charge < -0.3 is 4.57 Å². The van der Waals surface area contributed by atoms with Crippen LogP contribution in [-0.2, 0) is 7.05 Å². The number of pyridine rings is 1. The van der Waals surface area contributed by atoms with Crippen molar-refractivity contribution in [3.63, 3.8) is 0 Å². The molecule has 0 saturated carbocycles. The van der Waals surface area contributed by atoms with Crippen LogP contribution in [0.5, 0.6) is 0 Å². The van der Waals surface area contributed by atoms with E-state index in [9.17, 15) is 0 Å². The molecule has 0 bridgehead atoms. The number of benzene rings is 1. The first-order valence-electron chi connectivity index (χ1n) is 7.66. The smallest absolute Gasteiger partial charge is 0.229 e. The van der Waals surface area contributed by atoms with Crippen molar-refractivity contribution in [1.29, 1.82) is 0 Å². The molecule has 2 heterocycles. The van der Waals surface area contributed by atoms with Crippen molar-refractivity contribution in [2.45, 2.75) is 0 Å². The Balaban J connectivity index is 2.31. The number of aryl methyl sites for hydroxylation is 1. The molecule has 0 fully saturated rings. The second kappa shape index (κ2) is 4.12. The summed E-state index contributed by atoms with van der Waals surface area (Å²) in [6.07, 6.45) is 1.39. The van der Waals surface area contributed by atoms with Gasteiger partial charge in [-0.15, -0.1) is 0 Å². The molecule has 0 radical (unpaired) electrons. The summed E-state index contributed by atoms with van der Waals surface area (Å²) in [5.41, 5.74) is 3.30. The van der Waals surface area contributed by atoms with Gasteiger partial charge in [-0.2, -0.15) is 4.98 Å². The average Bonchev–Trinajstić information content (AvgIpc) is 2.87. The van der Waals surface area contributed by atoms with Crippen LogP contribution in [0, 0.1) is 0 Å². The van der Waals surface area contributed by atoms with Crippen LogP contribution in [0.25, 0.3) is 22.3 Å². The summed E-state index contributed by atoms with van der Waals surface area (Å²) in [5, 5.41) is 9.01. The van der Waals surface area contributed by atoms with Gasteiger partial charge in [-0.25, -0.2) is 10.5 Å². The fourth-order valence-corrected chi connectivity index (χ4v) is 1.70. The lowest BCUT2D eigenvalue weighted by molar-refractivity contribution is 0.380. The van der Waals surface area contributed by atoms with E-state index in [0.717, 1.165) is 0 Å². The van der Waals surface area contributed by atoms with E-state index in [0.29, 0.717) is 16.7 Å². The molecular formula is C13H12N4O. The number of hydrogen-bond acceptors (Lipinski definition) is 4. The minimum absolute atomic E-state index is 0.0742. The third kappa shape index (κ3) is 1.61. The van der Waals surface area contributed by atoms with E-state index in [-0.39, 0.29) is 23.6 Å². The number of fused-ring (bicyclic) bond motifs is 1. The molecule has 5 nitrogen and oxygen atoms in total. The molecule has 0 aliphatic heterocycles. The lowest BCUT2D eigenvalue weighted by Crippen LogP contribution is -1.98. The second-order valence-corrected chi connectivity index (χ2v) is 3.67. The van der Waals surface area contributed by atoms with E-state index in [2.05, 4.69) is 9.97 Å². The normalized spacial score (nSPS) is 14.7. The molecule has 0 unspecified atom stereocenters. The Kier molecular flexibility index (Phi) is 1.49. The van der Waals surface area contributed by atoms with E-state index >= 15 is 0 Å². The van der Waals surface area contributed by atoms with Crippen LogP contribution >= 0.6 is 0 Å². The molecule has 0 spiro atoms. The molecule has 3 aromatic rings. The van der Waals surface area contributed by atoms with Crippen LogP contribution in [0.1, 0.15) is 6.85 Å². The summed E-state index contributed by atoms with van der Waals surface area (Å²) in [4.78, 5) is 8.18. The molecule has 0 saturated heterocycles. The summed E-state index contributed by atoms with van der Waals surface area (Å²) in [7, 11) is 1.65. The highest BCUT2D eigenvalue weighted by molar-refractivity contribution is 5.80. The zero-order valence-corrected chi connectivity index (χ0v) is 9.44. The zero-order chi connectivity index (χ0) is 16.9. The van der Waals surface area contributed by atoms with Crippen molar-refractivity contribution in [1.82, 2.24) is 14.5 Å². The predicted molar refractivity (Wildman–Crippen MR) is 69.4 cm³/mol. The van der Waals surface area contributed by atoms with Gasteiger partial charge in [-0.05, 0) is 11.6 Å². The molecule has 2 aromatic heterocycles. The van der Waals surface area contributed by atoms with Gasteiger partial charge in [-0.1, -0.05) is 30.2 Å². The van der Waals surface area contributed by atoms with Crippen LogP contribution in [0.15, 0.2) is 42.5 Å². The van der Waals surface area contributed by atoms with Gasteiger partial charge in [0.1, 0.15) is 0 Å². The summed E-state index contributed by atoms with van der Waals surface area (Å²) in [6, 6.07) is -0.207. The molecule has 5 heteroatoms. The Morgan fingerprint density at radius 1 is 1.28 bits per heavy atom. The third-order valence-corrected chi connectivity index (χ3v) is 2.63. The number of rotatable bonds is 2. The van der Waals surface area contributed by atoms with Crippen molar-refractivity contribution in [3.8, 4) is 11.1 Å². The van der Waals surface area contributed by atoms with E-state index in [1.54, 1.807) is 17.7 Å². The molecule has 0 atom stereocenters. The molecule has 0 aliphatic carbocycles. The quantitative estimate of drug-likeness (QED) is 0.681. The van der Waals surface area contributed by atoms with Crippen LogP contribution in [0.4, 0.5) is 5.95 Å². The lowest BCUT2D eigenvalue weighted by Gasteiger charge is -2.02. The summed E-state index contributed by atoms with van der Waals surface area (Å²) >= 11 is 0. The Morgan fingerprint density at radius 3 is 2.78 bits per heavy atom. The van der Waals surface area contributed by atoms with Crippen LogP contribution in [-0.4, -0.2) is 19.7 Å². The molecule has 0 amide bonds. The van der Waals surface area contributed by atoms with E-state index in [4.69, 9.17) is 12.1 Å². The van der Waals surface area contributed by atoms with Crippen molar-refractivity contribution in [2.24, 2.45) is 7.05 Å². The highest BCUT2D eigenvalue weighted by atomic mass is 16.5. The Hall–Kier alpha value is -2.40. The highest BCUT2D eigenvalue weighted by Gasteiger charge is 2.09.